The third-order valence-electron chi connectivity index (χ3n) is 2.75. The summed E-state index contributed by atoms with van der Waals surface area (Å²) in [5, 5.41) is 3.97. The van der Waals surface area contributed by atoms with E-state index < -0.39 is 0 Å². The largest absolute Gasteiger partial charge is 0.383 e. The van der Waals surface area contributed by atoms with Gasteiger partial charge in [0.1, 0.15) is 0 Å². The Kier molecular flexibility index (Phi) is 6.77. The monoisotopic (exact) mass is 260 g/mol. The fourth-order valence-electron chi connectivity index (χ4n) is 1.45. The molecule has 0 spiro atoms. The Balaban J connectivity index is 2.03. The molecule has 0 aromatic heterocycles. The first-order valence-electron chi connectivity index (χ1n) is 6.21. The van der Waals surface area contributed by atoms with E-state index in [2.05, 4.69) is 5.32 Å². The molecule has 4 nitrogen and oxygen atoms in total. The number of rotatable bonds is 8. The van der Waals surface area contributed by atoms with Crippen LogP contribution in [0, 0.1) is 5.92 Å². The lowest BCUT2D eigenvalue weighted by Gasteiger charge is -2.23. The highest BCUT2D eigenvalue weighted by atomic mass is 32.1. The van der Waals surface area contributed by atoms with E-state index in [4.69, 9.17) is 21.7 Å². The van der Waals surface area contributed by atoms with Crippen molar-refractivity contribution in [3.63, 3.8) is 0 Å². The zero-order valence-electron chi connectivity index (χ0n) is 11.1. The minimum atomic E-state index is 0.238. The van der Waals surface area contributed by atoms with E-state index in [9.17, 15) is 0 Å². The molecule has 1 rings (SSSR count). The minimum absolute atomic E-state index is 0.238. The minimum Gasteiger partial charge on any atom is -0.383 e. The SMILES string of the molecule is COCC(C)NC(=S)N(C)CCOCC1CC1. The van der Waals surface area contributed by atoms with Crippen LogP contribution in [0.3, 0.4) is 0 Å². The molecular formula is C12H24N2O2S. The van der Waals surface area contributed by atoms with E-state index in [1.54, 1.807) is 7.11 Å². The fourth-order valence-corrected chi connectivity index (χ4v) is 1.74. The number of ether oxygens (including phenoxy) is 2. The van der Waals surface area contributed by atoms with Gasteiger partial charge < -0.3 is 19.7 Å². The second-order valence-corrected chi connectivity index (χ2v) is 5.13. The van der Waals surface area contributed by atoms with Gasteiger partial charge in [-0.15, -0.1) is 0 Å². The van der Waals surface area contributed by atoms with Crippen molar-refractivity contribution in [3.8, 4) is 0 Å². The topological polar surface area (TPSA) is 33.7 Å². The number of nitrogens with one attached hydrogen (secondary N) is 1. The third kappa shape index (κ3) is 6.81. The zero-order chi connectivity index (χ0) is 12.7. The lowest BCUT2D eigenvalue weighted by Crippen LogP contribution is -2.44. The van der Waals surface area contributed by atoms with Crippen molar-refractivity contribution in [1.82, 2.24) is 10.2 Å². The molecule has 0 bridgehead atoms. The number of nitrogens with zero attached hydrogens (tertiary/aromatic N) is 1. The van der Waals surface area contributed by atoms with Crippen LogP contribution in [0.25, 0.3) is 0 Å². The quantitative estimate of drug-likeness (QED) is 0.525. The van der Waals surface area contributed by atoms with Gasteiger partial charge in [-0.1, -0.05) is 0 Å². The second-order valence-electron chi connectivity index (χ2n) is 4.75. The summed E-state index contributed by atoms with van der Waals surface area (Å²) < 4.78 is 10.6. The van der Waals surface area contributed by atoms with Gasteiger partial charge in [-0.2, -0.15) is 0 Å². The Hall–Kier alpha value is -0.390. The van der Waals surface area contributed by atoms with E-state index in [-0.39, 0.29) is 6.04 Å². The van der Waals surface area contributed by atoms with Gasteiger partial charge in [0.2, 0.25) is 0 Å². The molecule has 0 amide bonds. The average molecular weight is 260 g/mol. The molecule has 1 aliphatic rings. The van der Waals surface area contributed by atoms with Crippen molar-refractivity contribution in [2.45, 2.75) is 25.8 Å². The molecule has 0 saturated heterocycles. The number of likely N-dealkylation sites (N-methyl/N-ethyl adjacent to an activating group) is 1. The van der Waals surface area contributed by atoms with Gasteiger partial charge in [-0.3, -0.25) is 0 Å². The first kappa shape index (κ1) is 14.7. The average Bonchev–Trinajstić information content (AvgIpc) is 3.08. The van der Waals surface area contributed by atoms with Crippen molar-refractivity contribution in [1.29, 1.82) is 0 Å². The third-order valence-corrected chi connectivity index (χ3v) is 3.18. The van der Waals surface area contributed by atoms with Crippen LogP contribution in [0.1, 0.15) is 19.8 Å². The van der Waals surface area contributed by atoms with E-state index in [1.807, 2.05) is 18.9 Å². The van der Waals surface area contributed by atoms with E-state index in [0.717, 1.165) is 30.8 Å². The summed E-state index contributed by atoms with van der Waals surface area (Å²) in [6.45, 7) is 5.19. The lowest BCUT2D eigenvalue weighted by atomic mass is 10.4. The predicted octanol–water partition coefficient (Wildman–Crippen LogP) is 1.25. The summed E-state index contributed by atoms with van der Waals surface area (Å²) in [7, 11) is 3.67. The maximum absolute atomic E-state index is 5.58. The Labute approximate surface area is 110 Å². The summed E-state index contributed by atoms with van der Waals surface area (Å²) in [5.74, 6) is 0.826. The molecule has 0 aliphatic heterocycles. The zero-order valence-corrected chi connectivity index (χ0v) is 11.9. The molecule has 17 heavy (non-hydrogen) atoms. The molecule has 0 aromatic rings. The number of hydrogen-bond donors (Lipinski definition) is 1. The van der Waals surface area contributed by atoms with Gasteiger partial charge in [0.25, 0.3) is 0 Å². The standard InChI is InChI=1S/C12H24N2O2S/c1-10(8-15-3)13-12(17)14(2)6-7-16-9-11-4-5-11/h10-11H,4-9H2,1-3H3,(H,13,17). The molecule has 1 unspecified atom stereocenters. The summed E-state index contributed by atoms with van der Waals surface area (Å²) in [4.78, 5) is 2.01. The normalized spacial score (nSPS) is 16.6. The van der Waals surface area contributed by atoms with Gasteiger partial charge in [0, 0.05) is 33.4 Å². The predicted molar refractivity (Wildman–Crippen MR) is 73.2 cm³/mol. The highest BCUT2D eigenvalue weighted by Gasteiger charge is 2.21. The molecule has 1 atom stereocenters. The van der Waals surface area contributed by atoms with Crippen LogP contribution in [-0.2, 0) is 9.47 Å². The second kappa shape index (κ2) is 7.84. The Morgan fingerprint density at radius 2 is 2.24 bits per heavy atom. The number of methoxy groups -OCH3 is 1. The Bertz CT molecular complexity index is 235. The van der Waals surface area contributed by atoms with Crippen LogP contribution in [-0.4, -0.2) is 56.6 Å². The molecule has 1 saturated carbocycles. The molecule has 0 radical (unpaired) electrons. The number of thiocarbonyl (C=S) groups is 1. The summed E-state index contributed by atoms with van der Waals surface area (Å²) in [5.41, 5.74) is 0. The smallest absolute Gasteiger partial charge is 0.169 e. The molecule has 0 aromatic carbocycles. The molecule has 5 heteroatoms. The molecule has 1 aliphatic carbocycles. The van der Waals surface area contributed by atoms with E-state index >= 15 is 0 Å². The summed E-state index contributed by atoms with van der Waals surface area (Å²) in [6.07, 6.45) is 2.68. The van der Waals surface area contributed by atoms with Crippen LogP contribution in [0.5, 0.6) is 0 Å². The maximum Gasteiger partial charge on any atom is 0.169 e. The van der Waals surface area contributed by atoms with Gasteiger partial charge in [0.05, 0.1) is 13.2 Å². The van der Waals surface area contributed by atoms with E-state index in [0.29, 0.717) is 6.61 Å². The van der Waals surface area contributed by atoms with Crippen LogP contribution in [0.4, 0.5) is 0 Å². The first-order chi connectivity index (χ1) is 8.13. The number of hydrogen-bond acceptors (Lipinski definition) is 3. The summed E-state index contributed by atoms with van der Waals surface area (Å²) in [6, 6.07) is 0.238. The Morgan fingerprint density at radius 1 is 1.53 bits per heavy atom. The molecular weight excluding hydrogens is 236 g/mol. The fraction of sp³-hybridized carbons (Fsp3) is 0.917. The van der Waals surface area contributed by atoms with Crippen molar-refractivity contribution in [2.24, 2.45) is 5.92 Å². The molecule has 1 N–H and O–H groups in total. The van der Waals surface area contributed by atoms with Crippen LogP contribution < -0.4 is 5.32 Å². The van der Waals surface area contributed by atoms with Crippen molar-refractivity contribution >= 4 is 17.3 Å². The van der Waals surface area contributed by atoms with Crippen LogP contribution >= 0.6 is 12.2 Å². The van der Waals surface area contributed by atoms with Crippen molar-refractivity contribution in [2.75, 3.05) is 40.5 Å². The van der Waals surface area contributed by atoms with Gasteiger partial charge in [-0.25, -0.2) is 0 Å². The highest BCUT2D eigenvalue weighted by molar-refractivity contribution is 7.80. The molecule has 0 heterocycles. The lowest BCUT2D eigenvalue weighted by molar-refractivity contribution is 0.115. The summed E-state index contributed by atoms with van der Waals surface area (Å²) >= 11 is 5.28. The highest BCUT2D eigenvalue weighted by Crippen LogP contribution is 2.28. The van der Waals surface area contributed by atoms with Gasteiger partial charge in [-0.05, 0) is 37.9 Å². The molecule has 100 valence electrons. The van der Waals surface area contributed by atoms with Crippen molar-refractivity contribution in [3.05, 3.63) is 0 Å². The maximum atomic E-state index is 5.58. The van der Waals surface area contributed by atoms with Gasteiger partial charge >= 0.3 is 0 Å². The molecule has 1 fully saturated rings. The van der Waals surface area contributed by atoms with Gasteiger partial charge in [0.15, 0.2) is 5.11 Å². The van der Waals surface area contributed by atoms with Crippen LogP contribution in [0.2, 0.25) is 0 Å². The van der Waals surface area contributed by atoms with Crippen molar-refractivity contribution < 1.29 is 9.47 Å². The Morgan fingerprint density at radius 3 is 2.82 bits per heavy atom. The van der Waals surface area contributed by atoms with Crippen LogP contribution in [0.15, 0.2) is 0 Å². The first-order valence-corrected chi connectivity index (χ1v) is 6.62. The van der Waals surface area contributed by atoms with E-state index in [1.165, 1.54) is 12.8 Å².